The van der Waals surface area contributed by atoms with Crippen molar-refractivity contribution in [3.05, 3.63) is 30.3 Å². The largest absolute Gasteiger partial charge is 0.351 e. The quantitative estimate of drug-likeness (QED) is 0.769. The average molecular weight is 431 g/mol. The number of carbonyl (C=O) groups is 1. The van der Waals surface area contributed by atoms with Crippen LogP contribution in [0, 0.1) is 23.7 Å². The van der Waals surface area contributed by atoms with E-state index in [1.165, 1.54) is 38.5 Å². The van der Waals surface area contributed by atoms with E-state index in [0.717, 1.165) is 37.0 Å². The number of nitrogens with one attached hydrogen (secondary N) is 1. The summed E-state index contributed by atoms with van der Waals surface area (Å²) in [6, 6.07) is 8.66. The molecule has 5 rings (SSSR count). The maximum Gasteiger partial charge on any atom is 0.243 e. The fraction of sp³-hybridized carbons (Fsp3) is 0.708. The van der Waals surface area contributed by atoms with Crippen LogP contribution in [0.1, 0.15) is 64.2 Å². The SMILES string of the molecule is O=C(CC1CCCN(S(=O)(=O)c2ccccc2)C1)N[C@@]12CC3CCC[C@@H](CC3C1)C2. The summed E-state index contributed by atoms with van der Waals surface area (Å²) in [6.07, 6.45) is 11.1. The Morgan fingerprint density at radius 2 is 1.83 bits per heavy atom. The van der Waals surface area contributed by atoms with Crippen LogP contribution in [0.2, 0.25) is 0 Å². The van der Waals surface area contributed by atoms with E-state index in [1.54, 1.807) is 28.6 Å². The molecule has 3 aliphatic carbocycles. The predicted octanol–water partition coefficient (Wildman–Crippen LogP) is 3.95. The van der Waals surface area contributed by atoms with Gasteiger partial charge in [-0.05, 0) is 74.3 Å². The highest BCUT2D eigenvalue weighted by Crippen LogP contribution is 2.55. The molecule has 3 unspecified atom stereocenters. The lowest BCUT2D eigenvalue weighted by atomic mass is 9.75. The van der Waals surface area contributed by atoms with E-state index < -0.39 is 10.0 Å². The Kier molecular flexibility index (Phi) is 5.42. The summed E-state index contributed by atoms with van der Waals surface area (Å²) in [6.45, 7) is 0.996. The monoisotopic (exact) mass is 430 g/mol. The second-order valence-corrected chi connectivity index (χ2v) is 12.3. The molecule has 4 aliphatic rings. The van der Waals surface area contributed by atoms with Crippen molar-refractivity contribution in [2.45, 2.75) is 74.6 Å². The van der Waals surface area contributed by atoms with Gasteiger partial charge in [-0.2, -0.15) is 4.31 Å². The highest BCUT2D eigenvalue weighted by Gasteiger charge is 2.52. The predicted molar refractivity (Wildman–Crippen MR) is 116 cm³/mol. The normalized spacial score (nSPS) is 36.4. The summed E-state index contributed by atoms with van der Waals surface area (Å²) in [4.78, 5) is 13.4. The molecule has 1 aromatic rings. The molecule has 4 fully saturated rings. The van der Waals surface area contributed by atoms with Gasteiger partial charge in [-0.3, -0.25) is 4.79 Å². The molecule has 6 heteroatoms. The minimum atomic E-state index is -3.48. The molecule has 1 aliphatic heterocycles. The van der Waals surface area contributed by atoms with E-state index >= 15 is 0 Å². The molecule has 164 valence electrons. The Morgan fingerprint density at radius 1 is 1.03 bits per heavy atom. The number of amides is 1. The van der Waals surface area contributed by atoms with Crippen LogP contribution in [0.4, 0.5) is 0 Å². The van der Waals surface area contributed by atoms with Crippen LogP contribution >= 0.6 is 0 Å². The van der Waals surface area contributed by atoms with Gasteiger partial charge in [-0.15, -0.1) is 0 Å². The molecule has 0 spiro atoms. The van der Waals surface area contributed by atoms with E-state index in [2.05, 4.69) is 5.32 Å². The molecule has 30 heavy (non-hydrogen) atoms. The number of nitrogens with zero attached hydrogens (tertiary/aromatic N) is 1. The Labute approximate surface area is 180 Å². The number of sulfonamides is 1. The highest BCUT2D eigenvalue weighted by atomic mass is 32.2. The number of rotatable bonds is 5. The molecule has 1 aromatic carbocycles. The summed E-state index contributed by atoms with van der Waals surface area (Å²) in [7, 11) is -3.48. The summed E-state index contributed by atoms with van der Waals surface area (Å²) in [5.74, 6) is 2.65. The van der Waals surface area contributed by atoms with Crippen LogP contribution in [-0.2, 0) is 14.8 Å². The topological polar surface area (TPSA) is 66.5 Å². The first-order valence-electron chi connectivity index (χ1n) is 11.8. The number of fused-ring (bicyclic) bond motifs is 2. The number of benzene rings is 1. The zero-order valence-corrected chi connectivity index (χ0v) is 18.6. The van der Waals surface area contributed by atoms with Crippen LogP contribution < -0.4 is 5.32 Å². The van der Waals surface area contributed by atoms with E-state index in [-0.39, 0.29) is 17.4 Å². The van der Waals surface area contributed by atoms with Crippen molar-refractivity contribution in [1.29, 1.82) is 0 Å². The number of piperidine rings is 1. The van der Waals surface area contributed by atoms with Gasteiger partial charge in [0, 0.05) is 25.0 Å². The van der Waals surface area contributed by atoms with Gasteiger partial charge in [-0.1, -0.05) is 37.5 Å². The highest BCUT2D eigenvalue weighted by molar-refractivity contribution is 7.89. The summed E-state index contributed by atoms with van der Waals surface area (Å²) >= 11 is 0. The Morgan fingerprint density at radius 3 is 2.67 bits per heavy atom. The third kappa shape index (κ3) is 3.93. The smallest absolute Gasteiger partial charge is 0.243 e. The fourth-order valence-electron chi connectivity index (χ4n) is 7.07. The minimum Gasteiger partial charge on any atom is -0.351 e. The van der Waals surface area contributed by atoms with Gasteiger partial charge < -0.3 is 5.32 Å². The molecule has 3 bridgehead atoms. The molecule has 3 saturated carbocycles. The first kappa shape index (κ1) is 20.5. The van der Waals surface area contributed by atoms with Gasteiger partial charge in [0.05, 0.1) is 4.90 Å². The van der Waals surface area contributed by atoms with Gasteiger partial charge in [0.15, 0.2) is 0 Å². The molecule has 0 radical (unpaired) electrons. The fourth-order valence-corrected chi connectivity index (χ4v) is 8.64. The molecular weight excluding hydrogens is 396 g/mol. The van der Waals surface area contributed by atoms with E-state index in [0.29, 0.717) is 24.4 Å². The van der Waals surface area contributed by atoms with Crippen molar-refractivity contribution >= 4 is 15.9 Å². The van der Waals surface area contributed by atoms with E-state index in [1.807, 2.05) is 6.07 Å². The Balaban J connectivity index is 1.22. The van der Waals surface area contributed by atoms with Crippen LogP contribution in [0.3, 0.4) is 0 Å². The Bertz CT molecular complexity index is 883. The van der Waals surface area contributed by atoms with Crippen LogP contribution in [0.25, 0.3) is 0 Å². The zero-order chi connectivity index (χ0) is 20.8. The lowest BCUT2D eigenvalue weighted by Crippen LogP contribution is -2.50. The molecule has 1 amide bonds. The maximum absolute atomic E-state index is 13.0. The summed E-state index contributed by atoms with van der Waals surface area (Å²) < 4.78 is 27.5. The van der Waals surface area contributed by atoms with Crippen molar-refractivity contribution in [1.82, 2.24) is 9.62 Å². The van der Waals surface area contributed by atoms with E-state index in [4.69, 9.17) is 0 Å². The number of carbonyl (C=O) groups excluding carboxylic acids is 1. The lowest BCUT2D eigenvalue weighted by molar-refractivity contribution is -0.124. The third-order valence-corrected chi connectivity index (χ3v) is 10.1. The van der Waals surface area contributed by atoms with Crippen molar-refractivity contribution in [2.24, 2.45) is 23.7 Å². The average Bonchev–Trinajstić information content (AvgIpc) is 2.88. The number of hydrogen-bond acceptors (Lipinski definition) is 3. The van der Waals surface area contributed by atoms with Crippen molar-refractivity contribution in [2.75, 3.05) is 13.1 Å². The second kappa shape index (κ2) is 7.94. The van der Waals surface area contributed by atoms with Gasteiger partial charge in [-0.25, -0.2) is 8.42 Å². The lowest BCUT2D eigenvalue weighted by Gasteiger charge is -2.39. The van der Waals surface area contributed by atoms with Gasteiger partial charge in [0.25, 0.3) is 0 Å². The minimum absolute atomic E-state index is 0.0280. The molecule has 5 atom stereocenters. The van der Waals surface area contributed by atoms with Gasteiger partial charge >= 0.3 is 0 Å². The first-order valence-corrected chi connectivity index (χ1v) is 13.2. The van der Waals surface area contributed by atoms with Gasteiger partial charge in [0.2, 0.25) is 15.9 Å². The summed E-state index contributed by atoms with van der Waals surface area (Å²) in [5.41, 5.74) is 0.0280. The Hall–Kier alpha value is -1.40. The molecular formula is C24H34N2O3S. The standard InChI is InChI=1S/C24H34N2O3S/c27-23(25-24-14-18-6-4-8-20(15-24)21(12-18)16-24)13-19-7-5-11-26(17-19)30(28,29)22-9-2-1-3-10-22/h1-3,9-10,18-21H,4-8,11-17H2,(H,25,27)/t18-,19?,20?,21?,24-/m0/s1. The zero-order valence-electron chi connectivity index (χ0n) is 17.8. The molecule has 5 nitrogen and oxygen atoms in total. The van der Waals surface area contributed by atoms with Crippen molar-refractivity contribution in [3.8, 4) is 0 Å². The van der Waals surface area contributed by atoms with Gasteiger partial charge in [0.1, 0.15) is 0 Å². The van der Waals surface area contributed by atoms with Crippen LogP contribution in [0.5, 0.6) is 0 Å². The molecule has 1 N–H and O–H groups in total. The molecule has 1 heterocycles. The van der Waals surface area contributed by atoms with Crippen molar-refractivity contribution < 1.29 is 13.2 Å². The van der Waals surface area contributed by atoms with Crippen molar-refractivity contribution in [3.63, 3.8) is 0 Å². The summed E-state index contributed by atoms with van der Waals surface area (Å²) in [5, 5.41) is 3.48. The molecule has 1 saturated heterocycles. The third-order valence-electron chi connectivity index (χ3n) is 8.22. The van der Waals surface area contributed by atoms with Crippen LogP contribution in [-0.4, -0.2) is 37.3 Å². The van der Waals surface area contributed by atoms with Crippen LogP contribution in [0.15, 0.2) is 35.2 Å². The van der Waals surface area contributed by atoms with E-state index in [9.17, 15) is 13.2 Å². The second-order valence-electron chi connectivity index (χ2n) is 10.4. The maximum atomic E-state index is 13.0. The first-order chi connectivity index (χ1) is 14.4. The number of hydrogen-bond donors (Lipinski definition) is 1. The molecule has 0 aromatic heterocycles.